The van der Waals surface area contributed by atoms with E-state index in [4.69, 9.17) is 11.6 Å². The van der Waals surface area contributed by atoms with Crippen molar-refractivity contribution >= 4 is 44.7 Å². The highest BCUT2D eigenvalue weighted by Crippen LogP contribution is 2.25. The molecule has 0 bridgehead atoms. The monoisotopic (exact) mass is 396 g/mol. The van der Waals surface area contributed by atoms with Crippen molar-refractivity contribution in [3.8, 4) is 0 Å². The molecule has 134 valence electrons. The summed E-state index contributed by atoms with van der Waals surface area (Å²) in [7, 11) is 0. The first-order valence-corrected chi connectivity index (χ1v) is 9.48. The van der Waals surface area contributed by atoms with Gasteiger partial charge in [0.2, 0.25) is 0 Å². The lowest BCUT2D eigenvalue weighted by Gasteiger charge is -2.08. The summed E-state index contributed by atoms with van der Waals surface area (Å²) < 4.78 is 15.0. The van der Waals surface area contributed by atoms with Gasteiger partial charge in [-0.25, -0.2) is 9.37 Å². The van der Waals surface area contributed by atoms with Crippen molar-refractivity contribution in [1.29, 1.82) is 0 Å². The fourth-order valence-electron chi connectivity index (χ4n) is 2.78. The third-order valence-corrected chi connectivity index (χ3v) is 5.45. The van der Waals surface area contributed by atoms with Crippen molar-refractivity contribution in [2.75, 3.05) is 5.32 Å². The van der Waals surface area contributed by atoms with Crippen LogP contribution < -0.4 is 5.32 Å². The van der Waals surface area contributed by atoms with E-state index < -0.39 is 11.7 Å². The lowest BCUT2D eigenvalue weighted by atomic mass is 10.1. The Morgan fingerprint density at radius 2 is 1.81 bits per heavy atom. The molecule has 0 spiro atoms. The Balaban J connectivity index is 1.48. The second-order valence-corrected chi connectivity index (χ2v) is 7.52. The highest BCUT2D eigenvalue weighted by molar-refractivity contribution is 7.18. The summed E-state index contributed by atoms with van der Waals surface area (Å²) in [5.74, 6) is -1.22. The molecule has 0 aliphatic rings. The minimum atomic E-state index is -0.646. The van der Waals surface area contributed by atoms with Crippen molar-refractivity contribution in [3.63, 3.8) is 0 Å². The Hall–Kier alpha value is -2.76. The summed E-state index contributed by atoms with van der Waals surface area (Å²) >= 11 is 7.60. The number of halogens is 2. The summed E-state index contributed by atoms with van der Waals surface area (Å²) in [5.41, 5.74) is 2.50. The molecule has 4 aromatic rings. The van der Waals surface area contributed by atoms with Gasteiger partial charge in [-0.2, -0.15) is 0 Å². The number of fused-ring (bicyclic) bond motifs is 1. The number of nitrogens with zero attached hydrogens (tertiary/aromatic N) is 1. The molecular weight excluding hydrogens is 383 g/mol. The number of aromatic nitrogens is 1. The number of para-hydroxylation sites is 1. The molecule has 0 atom stereocenters. The van der Waals surface area contributed by atoms with E-state index in [2.05, 4.69) is 16.4 Å². The van der Waals surface area contributed by atoms with E-state index in [9.17, 15) is 9.18 Å². The lowest BCUT2D eigenvalue weighted by Crippen LogP contribution is -2.14. The van der Waals surface area contributed by atoms with E-state index in [1.54, 1.807) is 23.5 Å². The predicted molar refractivity (Wildman–Crippen MR) is 108 cm³/mol. The van der Waals surface area contributed by atoms with Crippen molar-refractivity contribution < 1.29 is 9.18 Å². The summed E-state index contributed by atoms with van der Waals surface area (Å²) in [6.07, 6.45) is 0.715. The summed E-state index contributed by atoms with van der Waals surface area (Å²) in [5, 5.41) is 3.79. The van der Waals surface area contributed by atoms with Gasteiger partial charge in [0.05, 0.1) is 25.8 Å². The molecule has 3 aromatic carbocycles. The van der Waals surface area contributed by atoms with Gasteiger partial charge in [0.25, 0.3) is 5.91 Å². The molecule has 3 nitrogen and oxygen atoms in total. The Labute approximate surface area is 164 Å². The first-order valence-electron chi connectivity index (χ1n) is 8.29. The number of thiazole rings is 1. The fraction of sp³-hybridized carbons (Fsp3) is 0.0476. The van der Waals surface area contributed by atoms with Crippen LogP contribution in [0, 0.1) is 5.82 Å². The van der Waals surface area contributed by atoms with Crippen LogP contribution in [-0.2, 0) is 6.42 Å². The maximum Gasteiger partial charge on any atom is 0.260 e. The Morgan fingerprint density at radius 1 is 1.04 bits per heavy atom. The number of carbonyl (C=O) groups excluding carboxylic acids is 1. The molecule has 27 heavy (non-hydrogen) atoms. The number of amides is 1. The maximum absolute atomic E-state index is 13.8. The van der Waals surface area contributed by atoms with Gasteiger partial charge < -0.3 is 5.32 Å². The smallest absolute Gasteiger partial charge is 0.260 e. The minimum absolute atomic E-state index is 0.0833. The van der Waals surface area contributed by atoms with Crippen molar-refractivity contribution in [3.05, 3.63) is 93.7 Å². The molecule has 0 fully saturated rings. The average Bonchev–Trinajstić information content (AvgIpc) is 3.05. The molecule has 0 saturated heterocycles. The third-order valence-electron chi connectivity index (χ3n) is 4.10. The molecular formula is C21H14ClFN2OS. The van der Waals surface area contributed by atoms with E-state index in [1.807, 2.05) is 30.3 Å². The van der Waals surface area contributed by atoms with E-state index in [-0.39, 0.29) is 10.6 Å². The largest absolute Gasteiger partial charge is 0.322 e. The average molecular weight is 397 g/mol. The molecule has 0 unspecified atom stereocenters. The van der Waals surface area contributed by atoms with Crippen LogP contribution in [0.15, 0.2) is 66.7 Å². The van der Waals surface area contributed by atoms with Crippen molar-refractivity contribution in [2.45, 2.75) is 6.42 Å². The van der Waals surface area contributed by atoms with Crippen molar-refractivity contribution in [2.24, 2.45) is 0 Å². The number of hydrogen-bond donors (Lipinski definition) is 1. The second kappa shape index (κ2) is 7.47. The van der Waals surface area contributed by atoms with E-state index in [1.165, 1.54) is 18.2 Å². The Morgan fingerprint density at radius 3 is 2.56 bits per heavy atom. The topological polar surface area (TPSA) is 42.0 Å². The highest BCUT2D eigenvalue weighted by Gasteiger charge is 2.15. The molecule has 4 rings (SSSR count). The van der Waals surface area contributed by atoms with Gasteiger partial charge in [-0.15, -0.1) is 11.3 Å². The molecule has 1 aromatic heterocycles. The van der Waals surface area contributed by atoms with Gasteiger partial charge >= 0.3 is 0 Å². The first kappa shape index (κ1) is 17.6. The standard InChI is InChI=1S/C21H14ClFN2OS/c22-15-4-3-5-16(23)20(15)21(26)24-14-10-8-13(9-11-14)12-19-25-17-6-1-2-7-18(17)27-19/h1-11H,12H2,(H,24,26). The summed E-state index contributed by atoms with van der Waals surface area (Å²) in [4.78, 5) is 16.9. The van der Waals surface area contributed by atoms with Crippen LogP contribution in [0.25, 0.3) is 10.2 Å². The van der Waals surface area contributed by atoms with E-state index in [0.29, 0.717) is 12.1 Å². The molecule has 0 saturated carbocycles. The van der Waals surface area contributed by atoms with Gasteiger partial charge in [-0.1, -0.05) is 41.9 Å². The molecule has 0 aliphatic heterocycles. The Bertz CT molecular complexity index is 1070. The van der Waals surface area contributed by atoms with Gasteiger partial charge in [0.1, 0.15) is 5.82 Å². The van der Waals surface area contributed by atoms with Gasteiger partial charge in [0, 0.05) is 12.1 Å². The number of anilines is 1. The molecule has 6 heteroatoms. The molecule has 1 heterocycles. The number of carbonyl (C=O) groups is 1. The first-order chi connectivity index (χ1) is 13.1. The fourth-order valence-corrected chi connectivity index (χ4v) is 4.03. The van der Waals surface area contributed by atoms with Crippen molar-refractivity contribution in [1.82, 2.24) is 4.98 Å². The molecule has 1 N–H and O–H groups in total. The van der Waals surface area contributed by atoms with Crippen LogP contribution in [-0.4, -0.2) is 10.9 Å². The maximum atomic E-state index is 13.8. The zero-order chi connectivity index (χ0) is 18.8. The van der Waals surface area contributed by atoms with Crippen LogP contribution in [0.2, 0.25) is 5.02 Å². The minimum Gasteiger partial charge on any atom is -0.322 e. The molecule has 0 aliphatic carbocycles. The molecule has 1 amide bonds. The highest BCUT2D eigenvalue weighted by atomic mass is 35.5. The van der Waals surface area contributed by atoms with Crippen LogP contribution in [0.4, 0.5) is 10.1 Å². The van der Waals surface area contributed by atoms with Gasteiger partial charge in [-0.3, -0.25) is 4.79 Å². The van der Waals surface area contributed by atoms with Gasteiger partial charge in [-0.05, 0) is 42.0 Å². The van der Waals surface area contributed by atoms with Gasteiger partial charge in [0.15, 0.2) is 0 Å². The lowest BCUT2D eigenvalue weighted by molar-refractivity contribution is 0.102. The predicted octanol–water partition coefficient (Wildman–Crippen LogP) is 5.93. The number of benzene rings is 3. The van der Waals surface area contributed by atoms with Crippen LogP contribution in [0.3, 0.4) is 0 Å². The Kier molecular flexibility index (Phi) is 4.88. The summed E-state index contributed by atoms with van der Waals surface area (Å²) in [6, 6.07) is 19.6. The van der Waals surface area contributed by atoms with E-state index >= 15 is 0 Å². The number of nitrogens with one attached hydrogen (secondary N) is 1. The SMILES string of the molecule is O=C(Nc1ccc(Cc2nc3ccccc3s2)cc1)c1c(F)cccc1Cl. The van der Waals surface area contributed by atoms with Crippen LogP contribution in [0.1, 0.15) is 20.9 Å². The summed E-state index contributed by atoms with van der Waals surface area (Å²) in [6.45, 7) is 0. The third kappa shape index (κ3) is 3.84. The normalized spacial score (nSPS) is 10.9. The second-order valence-electron chi connectivity index (χ2n) is 6.00. The number of rotatable bonds is 4. The number of hydrogen-bond acceptors (Lipinski definition) is 3. The van der Waals surface area contributed by atoms with Crippen LogP contribution >= 0.6 is 22.9 Å². The van der Waals surface area contributed by atoms with Crippen LogP contribution in [0.5, 0.6) is 0 Å². The zero-order valence-electron chi connectivity index (χ0n) is 14.1. The molecule has 0 radical (unpaired) electrons. The quantitative estimate of drug-likeness (QED) is 0.464. The van der Waals surface area contributed by atoms with E-state index in [0.717, 1.165) is 20.8 Å². The zero-order valence-corrected chi connectivity index (χ0v) is 15.7.